The number of nitrogens with zero attached hydrogens (tertiary/aromatic N) is 4. The quantitative estimate of drug-likeness (QED) is 0.745. The topological polar surface area (TPSA) is 49.3 Å². The maximum atomic E-state index is 12.1. The molecule has 5 nitrogen and oxygen atoms in total. The van der Waals surface area contributed by atoms with E-state index in [1.807, 2.05) is 6.92 Å². The molecule has 28 heavy (non-hydrogen) atoms. The third-order valence-electron chi connectivity index (χ3n) is 6.04. The second kappa shape index (κ2) is 8.36. The van der Waals surface area contributed by atoms with Crippen LogP contribution in [0.5, 0.6) is 0 Å². The van der Waals surface area contributed by atoms with Crippen molar-refractivity contribution in [1.29, 1.82) is 0 Å². The van der Waals surface area contributed by atoms with Crippen LogP contribution < -0.4 is 4.90 Å². The predicted octanol–water partition coefficient (Wildman–Crippen LogP) is 4.43. The van der Waals surface area contributed by atoms with Crippen LogP contribution in [0.25, 0.3) is 10.2 Å². The van der Waals surface area contributed by atoms with Crippen LogP contribution in [-0.4, -0.2) is 47.0 Å². The molecule has 0 atom stereocenters. The first-order chi connectivity index (χ1) is 13.5. The summed E-state index contributed by atoms with van der Waals surface area (Å²) in [7, 11) is 0. The Labute approximate surface area is 172 Å². The molecule has 152 valence electrons. The SMILES string of the molecule is Cc1nc(N2CCC(CN3CCCCC3=O)CC2)c2c(CC(C)C)csc2n1. The molecule has 0 unspecified atom stereocenters. The highest BCUT2D eigenvalue weighted by Gasteiger charge is 2.27. The van der Waals surface area contributed by atoms with Gasteiger partial charge in [-0.2, -0.15) is 0 Å². The van der Waals surface area contributed by atoms with Gasteiger partial charge in [-0.3, -0.25) is 4.79 Å². The third kappa shape index (κ3) is 4.17. The van der Waals surface area contributed by atoms with E-state index < -0.39 is 0 Å². The Morgan fingerprint density at radius 3 is 2.68 bits per heavy atom. The summed E-state index contributed by atoms with van der Waals surface area (Å²) in [5.41, 5.74) is 1.39. The molecule has 2 fully saturated rings. The number of hydrogen-bond donors (Lipinski definition) is 0. The number of thiophene rings is 1. The maximum Gasteiger partial charge on any atom is 0.222 e. The van der Waals surface area contributed by atoms with Gasteiger partial charge in [-0.25, -0.2) is 9.97 Å². The molecule has 0 bridgehead atoms. The van der Waals surface area contributed by atoms with Crippen LogP contribution in [0.15, 0.2) is 5.38 Å². The molecule has 4 heterocycles. The van der Waals surface area contributed by atoms with Crippen molar-refractivity contribution < 1.29 is 4.79 Å². The van der Waals surface area contributed by atoms with Crippen molar-refractivity contribution in [1.82, 2.24) is 14.9 Å². The molecule has 2 aromatic heterocycles. The zero-order chi connectivity index (χ0) is 19.7. The standard InChI is InChI=1S/C22H32N4OS/c1-15(2)12-18-14-28-22-20(18)21(23-16(3)24-22)25-10-7-17(8-11-25)13-26-9-5-4-6-19(26)27/h14-15,17H,4-13H2,1-3H3. The molecule has 0 saturated carbocycles. The smallest absolute Gasteiger partial charge is 0.222 e. The Morgan fingerprint density at radius 2 is 1.96 bits per heavy atom. The second-order valence-corrected chi connectivity index (χ2v) is 9.72. The first-order valence-electron chi connectivity index (χ1n) is 10.8. The van der Waals surface area contributed by atoms with E-state index in [-0.39, 0.29) is 0 Å². The summed E-state index contributed by atoms with van der Waals surface area (Å²) in [6, 6.07) is 0. The summed E-state index contributed by atoms with van der Waals surface area (Å²) in [4.78, 5) is 27.4. The lowest BCUT2D eigenvalue weighted by Crippen LogP contribution is -2.43. The number of amides is 1. The Morgan fingerprint density at radius 1 is 1.18 bits per heavy atom. The van der Waals surface area contributed by atoms with Gasteiger partial charge in [0.05, 0.1) is 5.39 Å². The van der Waals surface area contributed by atoms with Gasteiger partial charge in [-0.15, -0.1) is 11.3 Å². The first kappa shape index (κ1) is 19.6. The summed E-state index contributed by atoms with van der Waals surface area (Å²) >= 11 is 1.75. The third-order valence-corrected chi connectivity index (χ3v) is 6.97. The van der Waals surface area contributed by atoms with Crippen molar-refractivity contribution >= 4 is 33.3 Å². The van der Waals surface area contributed by atoms with E-state index >= 15 is 0 Å². The van der Waals surface area contributed by atoms with Crippen molar-refractivity contribution in [2.45, 2.75) is 59.3 Å². The minimum atomic E-state index is 0.360. The summed E-state index contributed by atoms with van der Waals surface area (Å²) in [5, 5.41) is 3.55. The monoisotopic (exact) mass is 400 g/mol. The Balaban J connectivity index is 1.49. The Kier molecular flexibility index (Phi) is 5.85. The lowest BCUT2D eigenvalue weighted by atomic mass is 9.94. The molecular weight excluding hydrogens is 368 g/mol. The van der Waals surface area contributed by atoms with Crippen LogP contribution in [0.4, 0.5) is 5.82 Å². The molecule has 2 aliphatic heterocycles. The van der Waals surface area contributed by atoms with Crippen LogP contribution in [-0.2, 0) is 11.2 Å². The van der Waals surface area contributed by atoms with Gasteiger partial charge in [0.2, 0.25) is 5.91 Å². The number of rotatable bonds is 5. The van der Waals surface area contributed by atoms with E-state index in [0.717, 1.165) is 74.8 Å². The van der Waals surface area contributed by atoms with Crippen LogP contribution in [0.1, 0.15) is 57.3 Å². The first-order valence-corrected chi connectivity index (χ1v) is 11.7. The minimum Gasteiger partial charge on any atom is -0.356 e. The van der Waals surface area contributed by atoms with Crippen LogP contribution in [0, 0.1) is 18.8 Å². The highest BCUT2D eigenvalue weighted by molar-refractivity contribution is 7.17. The molecule has 1 amide bonds. The summed E-state index contributed by atoms with van der Waals surface area (Å²) in [6.07, 6.45) is 6.33. The van der Waals surface area contributed by atoms with Gasteiger partial charge in [-0.1, -0.05) is 13.8 Å². The summed E-state index contributed by atoms with van der Waals surface area (Å²) < 4.78 is 0. The van der Waals surface area contributed by atoms with Gasteiger partial charge in [0.1, 0.15) is 16.5 Å². The van der Waals surface area contributed by atoms with Crippen LogP contribution in [0.3, 0.4) is 0 Å². The van der Waals surface area contributed by atoms with Gasteiger partial charge < -0.3 is 9.80 Å². The highest BCUT2D eigenvalue weighted by Crippen LogP contribution is 2.35. The maximum absolute atomic E-state index is 12.1. The summed E-state index contributed by atoms with van der Waals surface area (Å²) in [5.74, 6) is 3.60. The summed E-state index contributed by atoms with van der Waals surface area (Å²) in [6.45, 7) is 10.5. The molecule has 0 radical (unpaired) electrons. The number of carbonyl (C=O) groups is 1. The van der Waals surface area contributed by atoms with Gasteiger partial charge in [0.15, 0.2) is 0 Å². The van der Waals surface area contributed by atoms with Crippen LogP contribution in [0.2, 0.25) is 0 Å². The molecule has 0 aliphatic carbocycles. The van der Waals surface area contributed by atoms with Crippen LogP contribution >= 0.6 is 11.3 Å². The molecular formula is C22H32N4OS. The molecule has 2 saturated heterocycles. The minimum absolute atomic E-state index is 0.360. The molecule has 0 aromatic carbocycles. The van der Waals surface area contributed by atoms with Gasteiger partial charge in [0.25, 0.3) is 0 Å². The average molecular weight is 401 g/mol. The van der Waals surface area contributed by atoms with E-state index in [1.54, 1.807) is 11.3 Å². The molecule has 0 N–H and O–H groups in total. The number of carbonyl (C=O) groups excluding carboxylic acids is 1. The predicted molar refractivity (Wildman–Crippen MR) is 116 cm³/mol. The molecule has 2 aliphatic rings. The van der Waals surface area contributed by atoms with Crippen molar-refractivity contribution in [2.24, 2.45) is 11.8 Å². The molecule has 4 rings (SSSR count). The highest BCUT2D eigenvalue weighted by atomic mass is 32.1. The molecule has 2 aromatic rings. The number of aromatic nitrogens is 2. The largest absolute Gasteiger partial charge is 0.356 e. The number of piperidine rings is 2. The lowest BCUT2D eigenvalue weighted by Gasteiger charge is -2.37. The zero-order valence-electron chi connectivity index (χ0n) is 17.4. The average Bonchev–Trinajstić information content (AvgIpc) is 3.05. The number of aryl methyl sites for hydroxylation is 1. The van der Waals surface area contributed by atoms with Crippen molar-refractivity contribution in [3.8, 4) is 0 Å². The molecule has 0 spiro atoms. The lowest BCUT2D eigenvalue weighted by molar-refractivity contribution is -0.134. The van der Waals surface area contributed by atoms with Crippen molar-refractivity contribution in [3.05, 3.63) is 16.8 Å². The van der Waals surface area contributed by atoms with E-state index in [9.17, 15) is 4.79 Å². The fraction of sp³-hybridized carbons (Fsp3) is 0.682. The van der Waals surface area contributed by atoms with Crippen molar-refractivity contribution in [3.63, 3.8) is 0 Å². The fourth-order valence-electron chi connectivity index (χ4n) is 4.60. The second-order valence-electron chi connectivity index (χ2n) is 8.86. The van der Waals surface area contributed by atoms with E-state index in [4.69, 9.17) is 9.97 Å². The zero-order valence-corrected chi connectivity index (χ0v) is 18.2. The fourth-order valence-corrected chi connectivity index (χ4v) is 5.59. The van der Waals surface area contributed by atoms with Gasteiger partial charge in [-0.05, 0) is 61.8 Å². The molecule has 6 heteroatoms. The normalized spacial score (nSPS) is 19.2. The van der Waals surface area contributed by atoms with Gasteiger partial charge >= 0.3 is 0 Å². The van der Waals surface area contributed by atoms with E-state index in [0.29, 0.717) is 17.7 Å². The number of hydrogen-bond acceptors (Lipinski definition) is 5. The Bertz CT molecular complexity index is 838. The number of likely N-dealkylation sites (tertiary alicyclic amines) is 1. The van der Waals surface area contributed by atoms with E-state index in [1.165, 1.54) is 17.4 Å². The number of anilines is 1. The van der Waals surface area contributed by atoms with E-state index in [2.05, 4.69) is 29.0 Å². The number of fused-ring (bicyclic) bond motifs is 1. The van der Waals surface area contributed by atoms with Gasteiger partial charge in [0, 0.05) is 32.6 Å². The Hall–Kier alpha value is -1.69. The van der Waals surface area contributed by atoms with Crippen molar-refractivity contribution in [2.75, 3.05) is 31.1 Å².